The SMILES string of the molecule is C.CC.CC.CN(C)CC(=O)Nc1cccc(S(=O)(=O)Nc2nc3ccccc3nc2Cl)c1.CN(C)CC(=O)Nc1cccc(S(=O)(=O)Nc2nc3ccccc3nc2Nc2ccccc2)c1.Nc1ccccc1. The lowest BCUT2D eigenvalue weighted by molar-refractivity contribution is -0.117. The highest BCUT2D eigenvalue weighted by Crippen LogP contribution is 2.28. The van der Waals surface area contributed by atoms with Crippen LogP contribution in [0.3, 0.4) is 0 Å². The summed E-state index contributed by atoms with van der Waals surface area (Å²) in [6, 6.07) is 44.9. The number of para-hydroxylation sites is 6. The number of hydrogen-bond acceptors (Lipinski definition) is 14. The zero-order valence-electron chi connectivity index (χ0n) is 41.8. The van der Waals surface area contributed by atoms with Crippen LogP contribution in [0.1, 0.15) is 35.1 Å². The molecule has 18 nitrogen and oxygen atoms in total. The molecule has 6 aromatic carbocycles. The van der Waals surface area contributed by atoms with Crippen LogP contribution in [0.25, 0.3) is 22.1 Å². The highest BCUT2D eigenvalue weighted by atomic mass is 35.5. The van der Waals surface area contributed by atoms with Crippen LogP contribution in [-0.4, -0.2) is 99.7 Å². The molecule has 0 saturated carbocycles. The highest BCUT2D eigenvalue weighted by molar-refractivity contribution is 7.93. The van der Waals surface area contributed by atoms with E-state index in [1.165, 1.54) is 30.3 Å². The van der Waals surface area contributed by atoms with Gasteiger partial charge in [0.2, 0.25) is 11.8 Å². The fourth-order valence-corrected chi connectivity index (χ4v) is 8.49. The smallest absolute Gasteiger partial charge is 0.263 e. The summed E-state index contributed by atoms with van der Waals surface area (Å²) in [5, 5.41) is 8.44. The van der Waals surface area contributed by atoms with E-state index in [9.17, 15) is 26.4 Å². The monoisotopic (exact) mass is 1060 g/mol. The first kappa shape index (κ1) is 60.6. The third-order valence-electron chi connectivity index (χ3n) is 9.17. The van der Waals surface area contributed by atoms with E-state index in [1.54, 1.807) is 98.7 Å². The number of benzene rings is 6. The van der Waals surface area contributed by atoms with Crippen molar-refractivity contribution in [1.29, 1.82) is 0 Å². The van der Waals surface area contributed by atoms with Crippen molar-refractivity contribution in [2.24, 2.45) is 0 Å². The normalized spacial score (nSPS) is 10.6. The molecule has 0 aliphatic rings. The predicted octanol–water partition coefficient (Wildman–Crippen LogP) is 10.2. The van der Waals surface area contributed by atoms with Crippen molar-refractivity contribution in [1.82, 2.24) is 29.7 Å². The van der Waals surface area contributed by atoms with Crippen molar-refractivity contribution >= 4 is 106 Å². The largest absolute Gasteiger partial charge is 0.399 e. The molecule has 392 valence electrons. The lowest BCUT2D eigenvalue weighted by atomic mass is 10.3. The van der Waals surface area contributed by atoms with Gasteiger partial charge in [-0.1, -0.05) is 120 Å². The van der Waals surface area contributed by atoms with Crippen molar-refractivity contribution in [3.63, 3.8) is 0 Å². The van der Waals surface area contributed by atoms with Crippen LogP contribution >= 0.6 is 11.6 Å². The number of rotatable bonds is 14. The molecule has 21 heteroatoms. The molecule has 0 fully saturated rings. The minimum atomic E-state index is -4.03. The van der Waals surface area contributed by atoms with Crippen molar-refractivity contribution in [2.45, 2.75) is 44.9 Å². The second-order valence-electron chi connectivity index (χ2n) is 15.5. The van der Waals surface area contributed by atoms with E-state index < -0.39 is 20.0 Å². The Balaban J connectivity index is 0.000000325. The van der Waals surface area contributed by atoms with Gasteiger partial charge in [-0.25, -0.2) is 36.8 Å². The number of nitrogens with zero attached hydrogens (tertiary/aromatic N) is 6. The van der Waals surface area contributed by atoms with Crippen molar-refractivity contribution in [2.75, 3.05) is 72.4 Å². The molecule has 7 N–H and O–H groups in total. The van der Waals surface area contributed by atoms with Gasteiger partial charge in [-0.15, -0.1) is 0 Å². The van der Waals surface area contributed by atoms with Crippen molar-refractivity contribution < 1.29 is 26.4 Å². The molecule has 8 aromatic rings. The maximum Gasteiger partial charge on any atom is 0.263 e. The van der Waals surface area contributed by atoms with Gasteiger partial charge in [0.25, 0.3) is 20.0 Å². The number of hydrogen-bond donors (Lipinski definition) is 6. The van der Waals surface area contributed by atoms with Crippen LogP contribution in [0.5, 0.6) is 0 Å². The summed E-state index contributed by atoms with van der Waals surface area (Å²) in [4.78, 5) is 44.8. The Labute approximate surface area is 439 Å². The van der Waals surface area contributed by atoms with Gasteiger partial charge in [0.05, 0.1) is 44.9 Å². The quantitative estimate of drug-likeness (QED) is 0.0555. The zero-order chi connectivity index (χ0) is 53.6. The molecule has 8 rings (SSSR count). The summed E-state index contributed by atoms with van der Waals surface area (Å²) in [5.41, 5.74) is 9.89. The molecule has 0 aliphatic heterocycles. The minimum absolute atomic E-state index is 0. The van der Waals surface area contributed by atoms with E-state index in [-0.39, 0.29) is 64.7 Å². The number of nitrogen functional groups attached to an aromatic ring is 1. The summed E-state index contributed by atoms with van der Waals surface area (Å²) in [6.45, 7) is 8.36. The molecule has 0 saturated heterocycles. The maximum atomic E-state index is 13.2. The van der Waals surface area contributed by atoms with Crippen LogP contribution in [0, 0.1) is 0 Å². The average molecular weight is 1070 g/mol. The van der Waals surface area contributed by atoms with Gasteiger partial charge in [-0.3, -0.25) is 19.0 Å². The van der Waals surface area contributed by atoms with Gasteiger partial charge in [-0.05, 0) is 113 Å². The van der Waals surface area contributed by atoms with E-state index in [0.29, 0.717) is 33.4 Å². The van der Waals surface area contributed by atoms with Crippen LogP contribution in [0.15, 0.2) is 168 Å². The van der Waals surface area contributed by atoms with Crippen molar-refractivity contribution in [3.8, 4) is 0 Å². The number of amides is 2. The number of nitrogens with two attached hydrogens (primary N) is 1. The minimum Gasteiger partial charge on any atom is -0.399 e. The number of carbonyl (C=O) groups excluding carboxylic acids is 2. The Morgan fingerprint density at radius 3 is 1.24 bits per heavy atom. The van der Waals surface area contributed by atoms with E-state index in [2.05, 4.69) is 45.3 Å². The first-order chi connectivity index (χ1) is 34.9. The van der Waals surface area contributed by atoms with Gasteiger partial charge in [0.1, 0.15) is 0 Å². The third kappa shape index (κ3) is 19.0. The lowest BCUT2D eigenvalue weighted by Gasteiger charge is -2.15. The van der Waals surface area contributed by atoms with Gasteiger partial charge in [0, 0.05) is 22.7 Å². The molecule has 0 radical (unpaired) electrons. The van der Waals surface area contributed by atoms with E-state index in [4.69, 9.17) is 17.3 Å². The number of sulfonamides is 2. The zero-order valence-corrected chi connectivity index (χ0v) is 44.2. The molecule has 0 aliphatic carbocycles. The maximum absolute atomic E-state index is 13.2. The number of fused-ring (bicyclic) bond motifs is 2. The fourth-order valence-electron chi connectivity index (χ4n) is 6.14. The fraction of sp³-hybridized carbons (Fsp3) is 0.208. The Morgan fingerprint density at radius 2 is 0.838 bits per heavy atom. The first-order valence-electron chi connectivity index (χ1n) is 22.9. The summed E-state index contributed by atoms with van der Waals surface area (Å²) >= 11 is 6.08. The topological polar surface area (TPSA) is 247 Å². The molecule has 74 heavy (non-hydrogen) atoms. The molecule has 0 spiro atoms. The Kier molecular flexibility index (Phi) is 24.3. The summed E-state index contributed by atoms with van der Waals surface area (Å²) in [7, 11) is -0.944. The summed E-state index contributed by atoms with van der Waals surface area (Å²) in [6.07, 6.45) is 0. The Hall–Kier alpha value is -7.75. The lowest BCUT2D eigenvalue weighted by Crippen LogP contribution is -2.27. The van der Waals surface area contributed by atoms with Gasteiger partial charge in [0.15, 0.2) is 22.6 Å². The van der Waals surface area contributed by atoms with Crippen LogP contribution < -0.4 is 31.1 Å². The number of anilines is 7. The van der Waals surface area contributed by atoms with Crippen LogP contribution in [0.4, 0.5) is 40.2 Å². The average Bonchev–Trinajstić information content (AvgIpc) is 3.36. The summed E-state index contributed by atoms with van der Waals surface area (Å²) < 4.78 is 56.9. The van der Waals surface area contributed by atoms with Crippen LogP contribution in [0.2, 0.25) is 5.15 Å². The van der Waals surface area contributed by atoms with E-state index in [1.807, 2.05) is 94.4 Å². The number of halogens is 1. The Bertz CT molecular complexity index is 3280. The number of nitrogens with one attached hydrogen (secondary N) is 5. The molecule has 0 unspecified atom stereocenters. The molecular weight excluding hydrogens is 1000 g/mol. The predicted molar refractivity (Wildman–Crippen MR) is 303 cm³/mol. The summed E-state index contributed by atoms with van der Waals surface area (Å²) in [5.74, 6) is -0.242. The second-order valence-corrected chi connectivity index (χ2v) is 19.2. The first-order valence-corrected chi connectivity index (χ1v) is 26.2. The number of carbonyl (C=O) groups is 2. The van der Waals surface area contributed by atoms with Gasteiger partial charge >= 0.3 is 0 Å². The van der Waals surface area contributed by atoms with Gasteiger partial charge < -0.3 is 31.5 Å². The molecular formula is C53H65ClN12O6S2. The van der Waals surface area contributed by atoms with Crippen molar-refractivity contribution in [3.05, 3.63) is 163 Å². The molecule has 2 heterocycles. The van der Waals surface area contributed by atoms with Gasteiger partial charge in [-0.2, -0.15) is 0 Å². The highest BCUT2D eigenvalue weighted by Gasteiger charge is 2.21. The molecule has 0 bridgehead atoms. The number of aromatic nitrogens is 4. The molecule has 2 amide bonds. The van der Waals surface area contributed by atoms with Crippen LogP contribution in [-0.2, 0) is 29.6 Å². The molecule has 2 aromatic heterocycles. The third-order valence-corrected chi connectivity index (χ3v) is 12.1. The molecule has 0 atom stereocenters. The van der Waals surface area contributed by atoms with E-state index in [0.717, 1.165) is 11.4 Å². The standard InChI is InChI=1S/C24H24N6O3S.C18H18ClN5O3S.C6H7N.2C2H6.CH4/c1-30(2)16-22(31)25-18-11-8-12-19(15-18)34(32,33)29-24-23(26-17-9-4-3-5-10-17)27-20-13-6-7-14-21(20)28-24;1-24(2)11-16(25)20-12-6-5-7-13(10-12)28(26,27)23-18-17(19)21-14-8-3-4-9-15(14)22-18;7-6-4-2-1-3-5-6;2*1-2;/h3-15H,16H2,1-2H3,(H,25,31)(H,26,27)(H,28,29);3-10H,11H2,1-2H3,(H,20,25)(H,22,23);1-5H,7H2;2*1-2H3;1H4. The Morgan fingerprint density at radius 1 is 0.486 bits per heavy atom. The second kappa shape index (κ2) is 29.7. The van der Waals surface area contributed by atoms with E-state index >= 15 is 0 Å². The number of likely N-dealkylation sites (N-methyl/N-ethyl adjacent to an activating group) is 2.